The quantitative estimate of drug-likeness (QED) is 0.694. The van der Waals surface area contributed by atoms with Crippen molar-refractivity contribution < 1.29 is 13.2 Å². The zero-order valence-corrected chi connectivity index (χ0v) is 15.1. The number of nitrogens with zero attached hydrogens (tertiary/aromatic N) is 2. The Morgan fingerprint density at radius 1 is 1.00 bits per heavy atom. The van der Waals surface area contributed by atoms with Gasteiger partial charge >= 0.3 is 0 Å². The Morgan fingerprint density at radius 3 is 2.62 bits per heavy atom. The van der Waals surface area contributed by atoms with E-state index in [2.05, 4.69) is 4.98 Å². The predicted octanol–water partition coefficient (Wildman–Crippen LogP) is 3.22. The monoisotopic (exact) mass is 368 g/mol. The van der Waals surface area contributed by atoms with Gasteiger partial charge in [0, 0.05) is 18.0 Å². The van der Waals surface area contributed by atoms with E-state index in [1.165, 1.54) is 4.31 Å². The average Bonchev–Trinajstić information content (AvgIpc) is 3.12. The first-order chi connectivity index (χ1) is 12.6. The molecule has 1 aliphatic rings. The lowest BCUT2D eigenvalue weighted by molar-refractivity contribution is 0.207. The van der Waals surface area contributed by atoms with E-state index in [9.17, 15) is 8.42 Å². The number of aromatic nitrogens is 1. The van der Waals surface area contributed by atoms with Crippen molar-refractivity contribution in [3.63, 3.8) is 0 Å². The highest BCUT2D eigenvalue weighted by atomic mass is 32.2. The number of benzene rings is 2. The van der Waals surface area contributed by atoms with Crippen LogP contribution in [0.25, 0.3) is 10.9 Å². The molecule has 134 valence electrons. The predicted molar refractivity (Wildman–Crippen MR) is 101 cm³/mol. The third-order valence-corrected chi connectivity index (χ3v) is 6.37. The standard InChI is InChI=1S/C20H20N2O3S/c23-26(24,15-16-6-2-1-3-7-16)22-13-12-18(14-22)25-20-11-10-17-8-4-5-9-19(17)21-20/h1-11,18H,12-15H2/t18-/m0/s1. The van der Waals surface area contributed by atoms with Gasteiger partial charge in [-0.1, -0.05) is 48.5 Å². The van der Waals surface area contributed by atoms with E-state index < -0.39 is 10.0 Å². The van der Waals surface area contributed by atoms with Gasteiger partial charge in [0.05, 0.1) is 17.8 Å². The normalized spacial score (nSPS) is 18.2. The van der Waals surface area contributed by atoms with Gasteiger partial charge in [-0.3, -0.25) is 0 Å². The molecule has 2 heterocycles. The Hall–Kier alpha value is -2.44. The molecule has 0 aliphatic carbocycles. The second-order valence-corrected chi connectivity index (χ2v) is 8.44. The molecular weight excluding hydrogens is 348 g/mol. The second-order valence-electron chi connectivity index (χ2n) is 6.47. The number of fused-ring (bicyclic) bond motifs is 1. The molecule has 1 atom stereocenters. The summed E-state index contributed by atoms with van der Waals surface area (Å²) in [4.78, 5) is 4.50. The van der Waals surface area contributed by atoms with E-state index in [0.717, 1.165) is 16.5 Å². The summed E-state index contributed by atoms with van der Waals surface area (Å²) in [7, 11) is -3.34. The Bertz CT molecular complexity index is 1010. The van der Waals surface area contributed by atoms with Gasteiger partial charge in [-0.2, -0.15) is 4.31 Å². The molecule has 26 heavy (non-hydrogen) atoms. The smallest absolute Gasteiger partial charge is 0.218 e. The van der Waals surface area contributed by atoms with E-state index in [1.807, 2.05) is 66.7 Å². The molecule has 1 aromatic heterocycles. The van der Waals surface area contributed by atoms with Gasteiger partial charge in [0.1, 0.15) is 6.10 Å². The molecule has 5 nitrogen and oxygen atoms in total. The Labute approximate surface area is 153 Å². The summed E-state index contributed by atoms with van der Waals surface area (Å²) in [5.74, 6) is 0.561. The lowest BCUT2D eigenvalue weighted by Crippen LogP contribution is -2.32. The molecule has 2 aromatic carbocycles. The van der Waals surface area contributed by atoms with E-state index in [0.29, 0.717) is 25.4 Å². The first kappa shape index (κ1) is 17.0. The SMILES string of the molecule is O=S(=O)(Cc1ccccc1)N1CC[C@H](Oc2ccc3ccccc3n2)C1. The van der Waals surface area contributed by atoms with E-state index >= 15 is 0 Å². The number of rotatable bonds is 5. The second kappa shape index (κ2) is 7.05. The van der Waals surface area contributed by atoms with Gasteiger partial charge in [-0.05, 0) is 24.1 Å². The summed E-state index contributed by atoms with van der Waals surface area (Å²) in [5.41, 5.74) is 1.67. The highest BCUT2D eigenvalue weighted by Crippen LogP contribution is 2.23. The van der Waals surface area contributed by atoms with Crippen molar-refractivity contribution >= 4 is 20.9 Å². The summed E-state index contributed by atoms with van der Waals surface area (Å²) in [6.45, 7) is 0.844. The Balaban J connectivity index is 1.42. The van der Waals surface area contributed by atoms with Crippen molar-refractivity contribution in [3.8, 4) is 5.88 Å². The third kappa shape index (κ3) is 3.71. The highest BCUT2D eigenvalue weighted by Gasteiger charge is 2.32. The third-order valence-electron chi connectivity index (χ3n) is 4.55. The highest BCUT2D eigenvalue weighted by molar-refractivity contribution is 7.88. The maximum atomic E-state index is 12.6. The zero-order chi connectivity index (χ0) is 18.0. The number of para-hydroxylation sites is 1. The number of hydrogen-bond donors (Lipinski definition) is 0. The van der Waals surface area contributed by atoms with Crippen molar-refractivity contribution in [2.75, 3.05) is 13.1 Å². The number of hydrogen-bond acceptors (Lipinski definition) is 4. The molecule has 0 N–H and O–H groups in total. The van der Waals surface area contributed by atoms with E-state index in [1.54, 1.807) is 0 Å². The fraction of sp³-hybridized carbons (Fsp3) is 0.250. The van der Waals surface area contributed by atoms with Gasteiger partial charge in [0.2, 0.25) is 15.9 Å². The molecule has 0 radical (unpaired) electrons. The van der Waals surface area contributed by atoms with Crippen LogP contribution in [0, 0.1) is 0 Å². The molecule has 0 amide bonds. The molecule has 1 fully saturated rings. The molecule has 0 unspecified atom stereocenters. The van der Waals surface area contributed by atoms with Crippen LogP contribution in [0.5, 0.6) is 5.88 Å². The Kier molecular flexibility index (Phi) is 4.61. The molecule has 1 aliphatic heterocycles. The molecule has 3 aromatic rings. The van der Waals surface area contributed by atoms with Crippen molar-refractivity contribution in [2.24, 2.45) is 0 Å². The fourth-order valence-corrected chi connectivity index (χ4v) is 4.78. The fourth-order valence-electron chi connectivity index (χ4n) is 3.21. The topological polar surface area (TPSA) is 59.5 Å². The maximum absolute atomic E-state index is 12.6. The molecule has 6 heteroatoms. The Morgan fingerprint density at radius 2 is 1.77 bits per heavy atom. The lowest BCUT2D eigenvalue weighted by Gasteiger charge is -2.17. The van der Waals surface area contributed by atoms with Crippen molar-refractivity contribution in [1.29, 1.82) is 0 Å². The zero-order valence-electron chi connectivity index (χ0n) is 14.3. The summed E-state index contributed by atoms with van der Waals surface area (Å²) >= 11 is 0. The van der Waals surface area contributed by atoms with Crippen LogP contribution in [0.2, 0.25) is 0 Å². The van der Waals surface area contributed by atoms with Crippen LogP contribution >= 0.6 is 0 Å². The largest absolute Gasteiger partial charge is 0.473 e. The van der Waals surface area contributed by atoms with E-state index in [4.69, 9.17) is 4.74 Å². The van der Waals surface area contributed by atoms with Crippen LogP contribution in [-0.4, -0.2) is 36.9 Å². The minimum Gasteiger partial charge on any atom is -0.473 e. The maximum Gasteiger partial charge on any atom is 0.218 e. The van der Waals surface area contributed by atoms with Gasteiger partial charge < -0.3 is 4.74 Å². The van der Waals surface area contributed by atoms with Crippen LogP contribution < -0.4 is 4.74 Å². The molecule has 0 saturated carbocycles. The number of sulfonamides is 1. The van der Waals surface area contributed by atoms with Crippen LogP contribution in [-0.2, 0) is 15.8 Å². The van der Waals surface area contributed by atoms with Crippen LogP contribution in [0.15, 0.2) is 66.7 Å². The van der Waals surface area contributed by atoms with Crippen molar-refractivity contribution in [2.45, 2.75) is 18.3 Å². The van der Waals surface area contributed by atoms with Gasteiger partial charge in [0.15, 0.2) is 0 Å². The number of pyridine rings is 1. The number of ether oxygens (including phenoxy) is 1. The van der Waals surface area contributed by atoms with E-state index in [-0.39, 0.29) is 11.9 Å². The minimum atomic E-state index is -3.34. The summed E-state index contributed by atoms with van der Waals surface area (Å²) < 4.78 is 32.7. The van der Waals surface area contributed by atoms with Crippen LogP contribution in [0.1, 0.15) is 12.0 Å². The van der Waals surface area contributed by atoms with Gasteiger partial charge in [-0.25, -0.2) is 13.4 Å². The van der Waals surface area contributed by atoms with Gasteiger partial charge in [-0.15, -0.1) is 0 Å². The molecule has 4 rings (SSSR count). The minimum absolute atomic E-state index is 0.0226. The first-order valence-electron chi connectivity index (χ1n) is 8.64. The lowest BCUT2D eigenvalue weighted by atomic mass is 10.2. The summed E-state index contributed by atoms with van der Waals surface area (Å²) in [5, 5.41) is 1.05. The summed E-state index contributed by atoms with van der Waals surface area (Å²) in [6.07, 6.45) is 0.497. The van der Waals surface area contributed by atoms with Crippen molar-refractivity contribution in [3.05, 3.63) is 72.3 Å². The molecule has 1 saturated heterocycles. The molecule has 0 bridgehead atoms. The van der Waals surface area contributed by atoms with Gasteiger partial charge in [0.25, 0.3) is 0 Å². The van der Waals surface area contributed by atoms with Crippen LogP contribution in [0.3, 0.4) is 0 Å². The van der Waals surface area contributed by atoms with Crippen molar-refractivity contribution in [1.82, 2.24) is 9.29 Å². The molecule has 0 spiro atoms. The van der Waals surface area contributed by atoms with Crippen LogP contribution in [0.4, 0.5) is 0 Å². The summed E-state index contributed by atoms with van der Waals surface area (Å²) in [6, 6.07) is 20.9. The first-order valence-corrected chi connectivity index (χ1v) is 10.3. The average molecular weight is 368 g/mol. The molecular formula is C20H20N2O3S.